The molecule has 0 saturated heterocycles. The molecule has 0 aliphatic rings. The number of nitrogens with one attached hydrogen (secondary N) is 2. The van der Waals surface area contributed by atoms with Crippen LogP contribution in [0.5, 0.6) is 0 Å². The quantitative estimate of drug-likeness (QED) is 0.690. The highest BCUT2D eigenvalue weighted by atomic mass is 16.1. The molecule has 0 bridgehead atoms. The van der Waals surface area contributed by atoms with Crippen molar-refractivity contribution >= 4 is 5.91 Å². The normalized spacial score (nSPS) is 11.9. The Morgan fingerprint density at radius 2 is 1.73 bits per heavy atom. The summed E-state index contributed by atoms with van der Waals surface area (Å²) in [6, 6.07) is 20.3. The number of aromatic nitrogens is 2. The first-order valence-corrected chi connectivity index (χ1v) is 8.74. The molecule has 1 amide bonds. The minimum Gasteiger partial charge on any atom is -0.350 e. The van der Waals surface area contributed by atoms with Gasteiger partial charge >= 0.3 is 0 Å². The van der Waals surface area contributed by atoms with E-state index >= 15 is 0 Å². The number of carbonyl (C=O) groups is 1. The molecule has 5 heteroatoms. The topological polar surface area (TPSA) is 58.9 Å². The molecule has 0 fully saturated rings. The van der Waals surface area contributed by atoms with E-state index in [0.717, 1.165) is 16.8 Å². The van der Waals surface area contributed by atoms with Gasteiger partial charge in [-0.15, -0.1) is 0 Å². The number of amides is 1. The Morgan fingerprint density at radius 1 is 1.08 bits per heavy atom. The van der Waals surface area contributed by atoms with Gasteiger partial charge in [-0.3, -0.25) is 9.48 Å². The molecule has 1 unspecified atom stereocenters. The molecule has 0 radical (unpaired) electrons. The molecule has 5 nitrogen and oxygen atoms in total. The summed E-state index contributed by atoms with van der Waals surface area (Å²) < 4.78 is 1.77. The number of nitrogens with zero attached hydrogens (tertiary/aromatic N) is 2. The molecule has 2 aromatic carbocycles. The van der Waals surface area contributed by atoms with Crippen LogP contribution in [0.2, 0.25) is 0 Å². The van der Waals surface area contributed by atoms with Crippen LogP contribution in [0.4, 0.5) is 0 Å². The van der Waals surface area contributed by atoms with Crippen molar-refractivity contribution in [3.63, 3.8) is 0 Å². The maximum Gasteiger partial charge on any atom is 0.254 e. The van der Waals surface area contributed by atoms with Crippen LogP contribution in [0.1, 0.15) is 33.2 Å². The fraction of sp³-hybridized carbons (Fsp3) is 0.238. The summed E-state index contributed by atoms with van der Waals surface area (Å²) in [6.07, 6.45) is 2.32. The van der Waals surface area contributed by atoms with E-state index in [1.165, 1.54) is 0 Å². The molecule has 1 atom stereocenters. The first-order valence-electron chi connectivity index (χ1n) is 8.74. The van der Waals surface area contributed by atoms with Gasteiger partial charge in [0.25, 0.3) is 5.91 Å². The predicted molar refractivity (Wildman–Crippen MR) is 103 cm³/mol. The third-order valence-electron chi connectivity index (χ3n) is 4.54. The Bertz CT molecular complexity index is 843. The van der Waals surface area contributed by atoms with E-state index in [9.17, 15) is 4.79 Å². The van der Waals surface area contributed by atoms with Crippen LogP contribution < -0.4 is 10.6 Å². The first-order chi connectivity index (χ1) is 12.7. The lowest BCUT2D eigenvalue weighted by Crippen LogP contribution is -2.33. The number of likely N-dealkylation sites (N-methyl/N-ethyl adjacent to an activating group) is 1. The highest BCUT2D eigenvalue weighted by molar-refractivity contribution is 5.95. The van der Waals surface area contributed by atoms with Crippen molar-refractivity contribution in [3.8, 4) is 0 Å². The standard InChI is InChI=1S/C21H24N4O/c1-22-19(17-11-7-4-8-12-17)15-23-21(26)18-14-24-25(2)20(18)13-16-9-5-3-6-10-16/h3-12,14,19,22H,13,15H2,1-2H3,(H,23,26). The van der Waals surface area contributed by atoms with Crippen LogP contribution in [-0.4, -0.2) is 29.3 Å². The van der Waals surface area contributed by atoms with Crippen molar-refractivity contribution in [2.45, 2.75) is 12.5 Å². The summed E-state index contributed by atoms with van der Waals surface area (Å²) in [5.41, 5.74) is 3.84. The van der Waals surface area contributed by atoms with E-state index in [0.29, 0.717) is 18.5 Å². The second-order valence-electron chi connectivity index (χ2n) is 6.25. The van der Waals surface area contributed by atoms with Gasteiger partial charge in [0.1, 0.15) is 0 Å². The van der Waals surface area contributed by atoms with Gasteiger partial charge in [-0.2, -0.15) is 5.10 Å². The molecule has 1 heterocycles. The Hall–Kier alpha value is -2.92. The first kappa shape index (κ1) is 17.9. The minimum atomic E-state index is -0.0970. The zero-order valence-corrected chi connectivity index (χ0v) is 15.1. The highest BCUT2D eigenvalue weighted by Crippen LogP contribution is 2.15. The number of aryl methyl sites for hydroxylation is 1. The van der Waals surface area contributed by atoms with Crippen LogP contribution in [0.15, 0.2) is 66.9 Å². The third kappa shape index (κ3) is 4.18. The van der Waals surface area contributed by atoms with Gasteiger partial charge in [0.05, 0.1) is 17.5 Å². The lowest BCUT2D eigenvalue weighted by Gasteiger charge is -2.17. The summed E-state index contributed by atoms with van der Waals surface area (Å²) in [5, 5.41) is 10.6. The van der Waals surface area contributed by atoms with Gasteiger partial charge in [0, 0.05) is 26.1 Å². The van der Waals surface area contributed by atoms with Crippen molar-refractivity contribution in [2.24, 2.45) is 7.05 Å². The monoisotopic (exact) mass is 348 g/mol. The highest BCUT2D eigenvalue weighted by Gasteiger charge is 2.18. The van der Waals surface area contributed by atoms with Gasteiger partial charge in [-0.05, 0) is 18.2 Å². The largest absolute Gasteiger partial charge is 0.350 e. The van der Waals surface area contributed by atoms with Crippen LogP contribution in [0, 0.1) is 0 Å². The third-order valence-corrected chi connectivity index (χ3v) is 4.54. The number of hydrogen-bond acceptors (Lipinski definition) is 3. The van der Waals surface area contributed by atoms with E-state index in [1.54, 1.807) is 10.9 Å². The molecular formula is C21H24N4O. The van der Waals surface area contributed by atoms with Gasteiger partial charge in [-0.25, -0.2) is 0 Å². The maximum atomic E-state index is 12.7. The Balaban J connectivity index is 1.70. The molecule has 134 valence electrons. The average molecular weight is 348 g/mol. The zero-order chi connectivity index (χ0) is 18.4. The number of carbonyl (C=O) groups excluding carboxylic acids is 1. The van der Waals surface area contributed by atoms with Gasteiger partial charge < -0.3 is 10.6 Å². The van der Waals surface area contributed by atoms with Crippen molar-refractivity contribution in [1.82, 2.24) is 20.4 Å². The molecule has 3 rings (SSSR count). The van der Waals surface area contributed by atoms with Crippen LogP contribution in [0.25, 0.3) is 0 Å². The lowest BCUT2D eigenvalue weighted by atomic mass is 10.1. The number of hydrogen-bond donors (Lipinski definition) is 2. The molecule has 0 aliphatic carbocycles. The van der Waals surface area contributed by atoms with E-state index < -0.39 is 0 Å². The molecule has 1 aromatic heterocycles. The maximum absolute atomic E-state index is 12.7. The van der Waals surface area contributed by atoms with Crippen molar-refractivity contribution in [3.05, 3.63) is 89.2 Å². The summed E-state index contributed by atoms with van der Waals surface area (Å²) >= 11 is 0. The van der Waals surface area contributed by atoms with Crippen LogP contribution in [0.3, 0.4) is 0 Å². The fourth-order valence-electron chi connectivity index (χ4n) is 3.01. The van der Waals surface area contributed by atoms with Crippen LogP contribution in [-0.2, 0) is 13.5 Å². The summed E-state index contributed by atoms with van der Waals surface area (Å²) in [4.78, 5) is 12.7. The zero-order valence-electron chi connectivity index (χ0n) is 15.1. The Morgan fingerprint density at radius 3 is 2.38 bits per heavy atom. The van der Waals surface area contributed by atoms with Crippen molar-refractivity contribution in [2.75, 3.05) is 13.6 Å². The van der Waals surface area contributed by atoms with E-state index in [-0.39, 0.29) is 11.9 Å². The molecular weight excluding hydrogens is 324 g/mol. The molecule has 26 heavy (non-hydrogen) atoms. The molecule has 2 N–H and O–H groups in total. The fourth-order valence-corrected chi connectivity index (χ4v) is 3.01. The molecule has 0 aliphatic heterocycles. The molecule has 0 spiro atoms. The van der Waals surface area contributed by atoms with E-state index in [2.05, 4.69) is 40.0 Å². The average Bonchev–Trinajstić information content (AvgIpc) is 3.04. The number of benzene rings is 2. The summed E-state index contributed by atoms with van der Waals surface area (Å²) in [7, 11) is 3.77. The van der Waals surface area contributed by atoms with Gasteiger partial charge in [0.15, 0.2) is 0 Å². The predicted octanol–water partition coefficient (Wildman–Crippen LogP) is 2.70. The second-order valence-corrected chi connectivity index (χ2v) is 6.25. The minimum absolute atomic E-state index is 0.0643. The Kier molecular flexibility index (Phi) is 5.81. The smallest absolute Gasteiger partial charge is 0.254 e. The van der Waals surface area contributed by atoms with Crippen molar-refractivity contribution < 1.29 is 4.79 Å². The molecule has 0 saturated carbocycles. The van der Waals surface area contributed by atoms with Crippen LogP contribution >= 0.6 is 0 Å². The van der Waals surface area contributed by atoms with Gasteiger partial charge in [0.2, 0.25) is 0 Å². The number of rotatable bonds is 7. The summed E-state index contributed by atoms with van der Waals surface area (Å²) in [5.74, 6) is -0.0970. The van der Waals surface area contributed by atoms with Crippen molar-refractivity contribution in [1.29, 1.82) is 0 Å². The van der Waals surface area contributed by atoms with E-state index in [1.807, 2.05) is 50.5 Å². The van der Waals surface area contributed by atoms with E-state index in [4.69, 9.17) is 0 Å². The SMILES string of the molecule is CNC(CNC(=O)c1cnn(C)c1Cc1ccccc1)c1ccccc1. The summed E-state index contributed by atoms with van der Waals surface area (Å²) in [6.45, 7) is 0.513. The second kappa shape index (κ2) is 8.45. The Labute approximate surface area is 154 Å². The molecule has 3 aromatic rings. The van der Waals surface area contributed by atoms with Gasteiger partial charge in [-0.1, -0.05) is 60.7 Å². The lowest BCUT2D eigenvalue weighted by molar-refractivity contribution is 0.0949.